The third kappa shape index (κ3) is 5.85. The Morgan fingerprint density at radius 3 is 2.68 bits per heavy atom. The monoisotopic (exact) mass is 381 g/mol. The molecule has 2 aromatic carbocycles. The quantitative estimate of drug-likeness (QED) is 0.311. The summed E-state index contributed by atoms with van der Waals surface area (Å²) in [5.74, 6) is 2.87. The zero-order chi connectivity index (χ0) is 20.4. The minimum Gasteiger partial charge on any atom is -0.494 e. The Morgan fingerprint density at radius 1 is 1.29 bits per heavy atom. The fraction of sp³-hybridized carbons (Fsp3) is 0.200. The molecule has 0 aliphatic rings. The van der Waals surface area contributed by atoms with Gasteiger partial charge in [0.05, 0.1) is 17.7 Å². The highest BCUT2D eigenvalue weighted by molar-refractivity contribution is 5.95. The number of carbonyl (C=O) groups is 1. The molecule has 28 heavy (non-hydrogen) atoms. The Kier molecular flexibility index (Phi) is 7.54. The van der Waals surface area contributed by atoms with Gasteiger partial charge in [-0.2, -0.15) is 5.10 Å². The summed E-state index contributed by atoms with van der Waals surface area (Å²) < 4.78 is 10.8. The van der Waals surface area contributed by atoms with Crippen LogP contribution in [0, 0.1) is 22.5 Å². The van der Waals surface area contributed by atoms with Crippen LogP contribution in [0.4, 0.5) is 5.69 Å². The summed E-state index contributed by atoms with van der Waals surface area (Å²) in [4.78, 5) is 22.6. The molecule has 144 valence electrons. The maximum Gasteiger partial charge on any atom is 0.271 e. The number of hydrazone groups is 1. The highest BCUT2D eigenvalue weighted by atomic mass is 16.6. The van der Waals surface area contributed by atoms with Crippen molar-refractivity contribution in [2.45, 2.75) is 13.3 Å². The predicted octanol–water partition coefficient (Wildman–Crippen LogP) is 3.16. The van der Waals surface area contributed by atoms with Gasteiger partial charge in [0.2, 0.25) is 0 Å². The van der Waals surface area contributed by atoms with Crippen molar-refractivity contribution < 1.29 is 19.2 Å². The molecule has 2 aromatic rings. The highest BCUT2D eigenvalue weighted by Crippen LogP contribution is 2.22. The highest BCUT2D eigenvalue weighted by Gasteiger charge is 2.11. The van der Waals surface area contributed by atoms with Gasteiger partial charge in [-0.3, -0.25) is 14.9 Å². The van der Waals surface area contributed by atoms with Gasteiger partial charge in [0.15, 0.2) is 0 Å². The Morgan fingerprint density at radius 2 is 2.04 bits per heavy atom. The summed E-state index contributed by atoms with van der Waals surface area (Å²) in [6.07, 6.45) is 7.31. The molecule has 1 N–H and O–H groups in total. The maximum absolute atomic E-state index is 12.2. The van der Waals surface area contributed by atoms with E-state index in [9.17, 15) is 14.9 Å². The number of hydrogen-bond donors (Lipinski definition) is 1. The summed E-state index contributed by atoms with van der Waals surface area (Å²) in [7, 11) is 0. The molecule has 8 nitrogen and oxygen atoms in total. The fourth-order valence-electron chi connectivity index (χ4n) is 2.15. The van der Waals surface area contributed by atoms with Crippen LogP contribution in [-0.2, 0) is 0 Å². The molecule has 0 bridgehead atoms. The summed E-state index contributed by atoms with van der Waals surface area (Å²) in [6, 6.07) is 10.6. The smallest absolute Gasteiger partial charge is 0.271 e. The minimum atomic E-state index is -0.539. The van der Waals surface area contributed by atoms with Gasteiger partial charge in [0, 0.05) is 23.3 Å². The number of amides is 1. The Balaban J connectivity index is 2.08. The summed E-state index contributed by atoms with van der Waals surface area (Å²) in [5.41, 5.74) is 2.94. The largest absolute Gasteiger partial charge is 0.494 e. The molecule has 0 unspecified atom stereocenters. The first-order valence-corrected chi connectivity index (χ1v) is 8.46. The van der Waals surface area contributed by atoms with E-state index in [1.807, 2.05) is 6.92 Å². The molecule has 1 amide bonds. The number of nitro benzene ring substituents is 1. The molecule has 0 atom stereocenters. The summed E-state index contributed by atoms with van der Waals surface area (Å²) in [6.45, 7) is 2.60. The second kappa shape index (κ2) is 10.3. The predicted molar refractivity (Wildman–Crippen MR) is 105 cm³/mol. The number of rotatable bonds is 9. The second-order valence-corrected chi connectivity index (χ2v) is 5.54. The fourth-order valence-corrected chi connectivity index (χ4v) is 2.15. The van der Waals surface area contributed by atoms with Gasteiger partial charge < -0.3 is 9.47 Å². The van der Waals surface area contributed by atoms with Gasteiger partial charge in [-0.05, 0) is 36.8 Å². The summed E-state index contributed by atoms with van der Waals surface area (Å²) >= 11 is 0. The molecule has 0 aromatic heterocycles. The number of nitrogens with zero attached hydrogens (tertiary/aromatic N) is 2. The van der Waals surface area contributed by atoms with Crippen LogP contribution in [-0.4, -0.2) is 30.3 Å². The average Bonchev–Trinajstić information content (AvgIpc) is 2.71. The van der Waals surface area contributed by atoms with Crippen LogP contribution < -0.4 is 14.9 Å². The van der Waals surface area contributed by atoms with Crippen molar-refractivity contribution in [2.24, 2.45) is 5.10 Å². The lowest BCUT2D eigenvalue weighted by atomic mass is 10.2. The lowest BCUT2D eigenvalue weighted by Gasteiger charge is -2.06. The van der Waals surface area contributed by atoms with E-state index in [2.05, 4.69) is 16.4 Å². The van der Waals surface area contributed by atoms with Crippen LogP contribution in [0.25, 0.3) is 0 Å². The third-order valence-electron chi connectivity index (χ3n) is 3.47. The van der Waals surface area contributed by atoms with Crippen molar-refractivity contribution in [1.82, 2.24) is 5.43 Å². The normalized spacial score (nSPS) is 10.3. The topological polar surface area (TPSA) is 103 Å². The van der Waals surface area contributed by atoms with E-state index in [1.165, 1.54) is 24.4 Å². The molecule has 0 saturated carbocycles. The third-order valence-corrected chi connectivity index (χ3v) is 3.47. The maximum atomic E-state index is 12.2. The molecule has 0 saturated heterocycles. The molecule has 0 fully saturated rings. The first-order chi connectivity index (χ1) is 13.5. The van der Waals surface area contributed by atoms with Crippen LogP contribution in [0.5, 0.6) is 11.5 Å². The molecular weight excluding hydrogens is 362 g/mol. The van der Waals surface area contributed by atoms with Crippen LogP contribution in [0.1, 0.15) is 29.3 Å². The molecule has 0 radical (unpaired) electrons. The van der Waals surface area contributed by atoms with Gasteiger partial charge in [-0.25, -0.2) is 5.43 Å². The van der Waals surface area contributed by atoms with E-state index in [-0.39, 0.29) is 12.3 Å². The molecule has 0 aliphatic carbocycles. The Bertz CT molecular complexity index is 901. The van der Waals surface area contributed by atoms with Crippen LogP contribution in [0.15, 0.2) is 47.6 Å². The van der Waals surface area contributed by atoms with Crippen molar-refractivity contribution in [3.05, 3.63) is 63.7 Å². The molecule has 2 rings (SSSR count). The zero-order valence-electron chi connectivity index (χ0n) is 15.3. The lowest BCUT2D eigenvalue weighted by Crippen LogP contribution is -2.17. The number of terminal acetylenes is 1. The van der Waals surface area contributed by atoms with E-state index in [4.69, 9.17) is 15.9 Å². The van der Waals surface area contributed by atoms with E-state index >= 15 is 0 Å². The van der Waals surface area contributed by atoms with Gasteiger partial charge in [-0.1, -0.05) is 12.8 Å². The van der Waals surface area contributed by atoms with Gasteiger partial charge in [0.1, 0.15) is 18.1 Å². The van der Waals surface area contributed by atoms with Crippen molar-refractivity contribution in [3.63, 3.8) is 0 Å². The first kappa shape index (κ1) is 20.5. The number of non-ortho nitro benzene ring substituents is 1. The van der Waals surface area contributed by atoms with E-state index in [0.29, 0.717) is 29.2 Å². The second-order valence-electron chi connectivity index (χ2n) is 5.54. The number of nitrogens with one attached hydrogen (secondary N) is 1. The molecule has 0 spiro atoms. The standard InChI is InChI=1S/C20H19N3O5/c1-3-11-27-18-8-5-15(6-9-18)20(24)22-21-14-16-13-17(23(25)26)7-10-19(16)28-12-4-2/h2,5-10,13-14H,3,11-12H2,1H3,(H,22,24)/b21-14-. The summed E-state index contributed by atoms with van der Waals surface area (Å²) in [5, 5.41) is 14.8. The number of carbonyl (C=O) groups excluding carboxylic acids is 1. The van der Waals surface area contributed by atoms with Crippen molar-refractivity contribution in [3.8, 4) is 23.8 Å². The van der Waals surface area contributed by atoms with E-state index in [1.54, 1.807) is 24.3 Å². The average molecular weight is 381 g/mol. The van der Waals surface area contributed by atoms with Gasteiger partial charge in [-0.15, -0.1) is 6.42 Å². The van der Waals surface area contributed by atoms with E-state index in [0.717, 1.165) is 6.42 Å². The van der Waals surface area contributed by atoms with Crippen molar-refractivity contribution in [2.75, 3.05) is 13.2 Å². The molecule has 0 heterocycles. The SMILES string of the molecule is C#CCOc1ccc([N+](=O)[O-])cc1/C=N\NC(=O)c1ccc(OCCC)cc1. The Labute approximate surface area is 162 Å². The van der Waals surface area contributed by atoms with Crippen LogP contribution in [0.2, 0.25) is 0 Å². The molecule has 8 heteroatoms. The first-order valence-electron chi connectivity index (χ1n) is 8.46. The lowest BCUT2D eigenvalue weighted by molar-refractivity contribution is -0.384. The number of benzene rings is 2. The van der Waals surface area contributed by atoms with Crippen LogP contribution >= 0.6 is 0 Å². The zero-order valence-corrected chi connectivity index (χ0v) is 15.3. The molecule has 0 aliphatic heterocycles. The number of nitro groups is 1. The number of hydrogen-bond acceptors (Lipinski definition) is 6. The minimum absolute atomic E-state index is 0.00252. The van der Waals surface area contributed by atoms with Gasteiger partial charge in [0.25, 0.3) is 11.6 Å². The van der Waals surface area contributed by atoms with Crippen molar-refractivity contribution in [1.29, 1.82) is 0 Å². The van der Waals surface area contributed by atoms with Crippen molar-refractivity contribution >= 4 is 17.8 Å². The van der Waals surface area contributed by atoms with Gasteiger partial charge >= 0.3 is 0 Å². The number of ether oxygens (including phenoxy) is 2. The van der Waals surface area contributed by atoms with E-state index < -0.39 is 10.8 Å². The Hall–Kier alpha value is -3.86. The molecular formula is C20H19N3O5. The van der Waals surface area contributed by atoms with Crippen LogP contribution in [0.3, 0.4) is 0 Å².